The van der Waals surface area contributed by atoms with E-state index in [9.17, 15) is 13.6 Å². The van der Waals surface area contributed by atoms with Crippen molar-refractivity contribution >= 4 is 17.6 Å². The molecule has 0 unspecified atom stereocenters. The minimum atomic E-state index is -2.63. The van der Waals surface area contributed by atoms with Crippen molar-refractivity contribution < 1.29 is 18.3 Å². The molecule has 5 heteroatoms. The van der Waals surface area contributed by atoms with Crippen LogP contribution in [0.3, 0.4) is 0 Å². The smallest absolute Gasteiger partial charge is 0.339 e. The first-order valence-electron chi connectivity index (χ1n) is 3.72. The molecule has 0 saturated carbocycles. The first kappa shape index (κ1) is 10.9. The molecular weight excluding hydrogens is 214 g/mol. The molecule has 0 spiro atoms. The number of alkyl halides is 2. The number of methoxy groups -OCH3 is 1. The van der Waals surface area contributed by atoms with Gasteiger partial charge in [0.1, 0.15) is 0 Å². The molecule has 0 aliphatic rings. The van der Waals surface area contributed by atoms with E-state index < -0.39 is 12.4 Å². The van der Waals surface area contributed by atoms with Crippen LogP contribution in [0.2, 0.25) is 5.02 Å². The third-order valence-electron chi connectivity index (χ3n) is 1.65. The van der Waals surface area contributed by atoms with Gasteiger partial charge >= 0.3 is 5.97 Å². The Morgan fingerprint density at radius 3 is 2.64 bits per heavy atom. The Hall–Kier alpha value is -1.16. The van der Waals surface area contributed by atoms with Crippen molar-refractivity contribution in [1.29, 1.82) is 0 Å². The van der Waals surface area contributed by atoms with Gasteiger partial charge in [-0.15, -0.1) is 0 Å². The molecule has 0 aliphatic carbocycles. The van der Waals surface area contributed by atoms with Gasteiger partial charge in [0.25, 0.3) is 6.43 Å². The number of hydrogen-bond acceptors (Lipinski definition) is 2. The predicted octanol–water partition coefficient (Wildman–Crippen LogP) is 3.06. The van der Waals surface area contributed by atoms with Gasteiger partial charge in [-0.05, 0) is 12.1 Å². The van der Waals surface area contributed by atoms with E-state index in [0.717, 1.165) is 13.2 Å². The average molecular weight is 221 g/mol. The van der Waals surface area contributed by atoms with Gasteiger partial charge in [-0.3, -0.25) is 0 Å². The van der Waals surface area contributed by atoms with Crippen LogP contribution < -0.4 is 0 Å². The Labute approximate surface area is 84.4 Å². The lowest BCUT2D eigenvalue weighted by atomic mass is 10.1. The lowest BCUT2D eigenvalue weighted by Gasteiger charge is -2.04. The summed E-state index contributed by atoms with van der Waals surface area (Å²) in [7, 11) is 1.16. The van der Waals surface area contributed by atoms with Crippen LogP contribution >= 0.6 is 11.6 Å². The highest BCUT2D eigenvalue weighted by Crippen LogP contribution is 2.24. The molecule has 0 heterocycles. The summed E-state index contributed by atoms with van der Waals surface area (Å²) in [4.78, 5) is 11.1. The third kappa shape index (κ3) is 2.20. The summed E-state index contributed by atoms with van der Waals surface area (Å²) in [5.41, 5.74) is -0.304. The van der Waals surface area contributed by atoms with Crippen molar-refractivity contribution in [3.63, 3.8) is 0 Å². The van der Waals surface area contributed by atoms with Crippen LogP contribution in [-0.2, 0) is 4.74 Å². The lowest BCUT2D eigenvalue weighted by Crippen LogP contribution is -2.03. The number of rotatable bonds is 2. The van der Waals surface area contributed by atoms with Gasteiger partial charge < -0.3 is 4.74 Å². The van der Waals surface area contributed by atoms with Gasteiger partial charge in [0.15, 0.2) is 0 Å². The van der Waals surface area contributed by atoms with E-state index in [2.05, 4.69) is 4.74 Å². The summed E-state index contributed by atoms with van der Waals surface area (Å²) in [6.45, 7) is 0. The normalized spacial score (nSPS) is 10.4. The average Bonchev–Trinajstić information content (AvgIpc) is 2.17. The summed E-state index contributed by atoms with van der Waals surface area (Å²) in [5.74, 6) is -0.725. The quantitative estimate of drug-likeness (QED) is 0.716. The first-order valence-corrected chi connectivity index (χ1v) is 4.10. The Bertz CT molecular complexity index is 353. The molecule has 0 aliphatic heterocycles. The SMILES string of the molecule is COC(=O)c1cc(C(F)F)ccc1Cl. The maximum absolute atomic E-state index is 12.3. The van der Waals surface area contributed by atoms with Crippen molar-refractivity contribution in [3.05, 3.63) is 34.3 Å². The fraction of sp³-hybridized carbons (Fsp3) is 0.222. The minimum Gasteiger partial charge on any atom is -0.465 e. The highest BCUT2D eigenvalue weighted by molar-refractivity contribution is 6.33. The van der Waals surface area contributed by atoms with E-state index in [0.29, 0.717) is 0 Å². The second-order valence-electron chi connectivity index (χ2n) is 2.53. The van der Waals surface area contributed by atoms with Crippen molar-refractivity contribution in [3.8, 4) is 0 Å². The van der Waals surface area contributed by atoms with Crippen molar-refractivity contribution in [1.82, 2.24) is 0 Å². The Kier molecular flexibility index (Phi) is 3.41. The number of esters is 1. The molecule has 0 N–H and O–H groups in total. The zero-order chi connectivity index (χ0) is 10.7. The maximum Gasteiger partial charge on any atom is 0.339 e. The molecule has 1 aromatic carbocycles. The highest BCUT2D eigenvalue weighted by Gasteiger charge is 2.14. The van der Waals surface area contributed by atoms with E-state index >= 15 is 0 Å². The molecule has 0 saturated heterocycles. The molecule has 1 aromatic rings. The van der Waals surface area contributed by atoms with Gasteiger partial charge in [-0.2, -0.15) is 0 Å². The van der Waals surface area contributed by atoms with Crippen molar-refractivity contribution in [2.75, 3.05) is 7.11 Å². The van der Waals surface area contributed by atoms with Gasteiger partial charge in [0.05, 0.1) is 17.7 Å². The maximum atomic E-state index is 12.3. The number of hydrogen-bond donors (Lipinski definition) is 0. The highest BCUT2D eigenvalue weighted by atomic mass is 35.5. The molecule has 76 valence electrons. The lowest BCUT2D eigenvalue weighted by molar-refractivity contribution is 0.0600. The largest absolute Gasteiger partial charge is 0.465 e. The molecule has 1 rings (SSSR count). The van der Waals surface area contributed by atoms with E-state index in [1.807, 2.05) is 0 Å². The van der Waals surface area contributed by atoms with Crippen molar-refractivity contribution in [2.45, 2.75) is 6.43 Å². The van der Waals surface area contributed by atoms with E-state index in [1.54, 1.807) is 0 Å². The fourth-order valence-corrected chi connectivity index (χ4v) is 1.14. The van der Waals surface area contributed by atoms with Crippen LogP contribution in [0.4, 0.5) is 8.78 Å². The molecule has 14 heavy (non-hydrogen) atoms. The topological polar surface area (TPSA) is 26.3 Å². The van der Waals surface area contributed by atoms with Gasteiger partial charge in [-0.25, -0.2) is 13.6 Å². The first-order chi connectivity index (χ1) is 6.56. The van der Waals surface area contributed by atoms with Gasteiger partial charge in [0, 0.05) is 5.56 Å². The monoisotopic (exact) mass is 220 g/mol. The Morgan fingerprint density at radius 1 is 1.50 bits per heavy atom. The number of halogens is 3. The Balaban J connectivity index is 3.15. The molecule has 0 radical (unpaired) electrons. The number of ether oxygens (including phenoxy) is 1. The molecule has 0 bridgehead atoms. The number of carbonyl (C=O) groups is 1. The van der Waals surface area contributed by atoms with E-state index in [-0.39, 0.29) is 16.1 Å². The van der Waals surface area contributed by atoms with E-state index in [4.69, 9.17) is 11.6 Å². The molecular formula is C9H7ClF2O2. The zero-order valence-electron chi connectivity index (χ0n) is 7.26. The van der Waals surface area contributed by atoms with Crippen LogP contribution in [0.5, 0.6) is 0 Å². The minimum absolute atomic E-state index is 0.0491. The summed E-state index contributed by atoms with van der Waals surface area (Å²) < 4.78 is 28.9. The number of carbonyl (C=O) groups excluding carboxylic acids is 1. The van der Waals surface area contributed by atoms with E-state index in [1.165, 1.54) is 12.1 Å². The third-order valence-corrected chi connectivity index (χ3v) is 1.98. The van der Waals surface area contributed by atoms with Gasteiger partial charge in [-0.1, -0.05) is 17.7 Å². The standard InChI is InChI=1S/C9H7ClF2O2/c1-14-9(13)6-4-5(8(11)12)2-3-7(6)10/h2-4,8H,1H3. The number of benzene rings is 1. The second-order valence-corrected chi connectivity index (χ2v) is 2.94. The summed E-state index contributed by atoms with van der Waals surface area (Å²) >= 11 is 5.63. The summed E-state index contributed by atoms with van der Waals surface area (Å²) in [6, 6.07) is 3.44. The van der Waals surface area contributed by atoms with Crippen LogP contribution in [-0.4, -0.2) is 13.1 Å². The summed E-state index contributed by atoms with van der Waals surface area (Å²) in [5, 5.41) is 0.0984. The molecule has 0 amide bonds. The van der Waals surface area contributed by atoms with Crippen LogP contribution in [0, 0.1) is 0 Å². The fourth-order valence-electron chi connectivity index (χ4n) is 0.945. The molecule has 0 fully saturated rings. The molecule has 0 aromatic heterocycles. The van der Waals surface area contributed by atoms with Gasteiger partial charge in [0.2, 0.25) is 0 Å². The molecule has 0 atom stereocenters. The zero-order valence-corrected chi connectivity index (χ0v) is 8.02. The Morgan fingerprint density at radius 2 is 2.14 bits per heavy atom. The second kappa shape index (κ2) is 4.37. The predicted molar refractivity (Wildman–Crippen MR) is 47.7 cm³/mol. The van der Waals surface area contributed by atoms with Crippen LogP contribution in [0.25, 0.3) is 0 Å². The van der Waals surface area contributed by atoms with Crippen LogP contribution in [0.1, 0.15) is 22.3 Å². The molecule has 2 nitrogen and oxygen atoms in total. The van der Waals surface area contributed by atoms with Crippen LogP contribution in [0.15, 0.2) is 18.2 Å². The summed E-state index contributed by atoms with van der Waals surface area (Å²) in [6.07, 6.45) is -2.63. The van der Waals surface area contributed by atoms with Crippen molar-refractivity contribution in [2.24, 2.45) is 0 Å².